The Morgan fingerprint density at radius 3 is 2.76 bits per heavy atom. The Balaban J connectivity index is 1.51. The van der Waals surface area contributed by atoms with Crippen LogP contribution < -0.4 is 0 Å². The minimum Gasteiger partial charge on any atom is -0.338 e. The molecular weight excluding hydrogens is 278 g/mol. The van der Waals surface area contributed by atoms with E-state index in [1.54, 1.807) is 0 Å². The lowest BCUT2D eigenvalue weighted by molar-refractivity contribution is 0.0520. The number of thiophene rings is 1. The normalized spacial score (nSPS) is 28.9. The van der Waals surface area contributed by atoms with Crippen molar-refractivity contribution in [2.75, 3.05) is 13.1 Å². The van der Waals surface area contributed by atoms with Crippen molar-refractivity contribution >= 4 is 17.2 Å². The van der Waals surface area contributed by atoms with Gasteiger partial charge in [0.05, 0.1) is 5.56 Å². The second kappa shape index (κ2) is 5.75. The van der Waals surface area contributed by atoms with E-state index in [-0.39, 0.29) is 0 Å². The Morgan fingerprint density at radius 1 is 1.05 bits per heavy atom. The van der Waals surface area contributed by atoms with E-state index >= 15 is 0 Å². The molecule has 1 amide bonds. The zero-order valence-corrected chi connectivity index (χ0v) is 13.6. The molecule has 0 radical (unpaired) electrons. The fourth-order valence-electron chi connectivity index (χ4n) is 4.63. The molecule has 2 heterocycles. The highest BCUT2D eigenvalue weighted by Crippen LogP contribution is 2.37. The Morgan fingerprint density at radius 2 is 1.86 bits per heavy atom. The van der Waals surface area contributed by atoms with Crippen molar-refractivity contribution in [1.82, 2.24) is 4.90 Å². The zero-order valence-electron chi connectivity index (χ0n) is 12.8. The van der Waals surface area contributed by atoms with Gasteiger partial charge in [-0.1, -0.05) is 19.3 Å². The second-order valence-corrected chi connectivity index (χ2v) is 8.07. The second-order valence-electron chi connectivity index (χ2n) is 7.10. The van der Waals surface area contributed by atoms with E-state index in [2.05, 4.69) is 10.3 Å². The van der Waals surface area contributed by atoms with Gasteiger partial charge in [-0.05, 0) is 55.9 Å². The van der Waals surface area contributed by atoms with E-state index in [1.807, 2.05) is 11.3 Å². The van der Waals surface area contributed by atoms with Crippen molar-refractivity contribution in [3.63, 3.8) is 0 Å². The van der Waals surface area contributed by atoms with Gasteiger partial charge in [0, 0.05) is 23.3 Å². The van der Waals surface area contributed by atoms with Crippen molar-refractivity contribution < 1.29 is 4.79 Å². The Labute approximate surface area is 131 Å². The molecule has 2 fully saturated rings. The quantitative estimate of drug-likeness (QED) is 0.758. The Kier molecular flexibility index (Phi) is 3.78. The summed E-state index contributed by atoms with van der Waals surface area (Å²) in [5, 5.41) is 2.14. The van der Waals surface area contributed by atoms with Gasteiger partial charge in [0.15, 0.2) is 0 Å². The van der Waals surface area contributed by atoms with Crippen molar-refractivity contribution in [3.8, 4) is 0 Å². The summed E-state index contributed by atoms with van der Waals surface area (Å²) < 4.78 is 0. The number of carbonyl (C=O) groups excluding carboxylic acids is 1. The molecule has 114 valence electrons. The Bertz CT molecular complexity index is 535. The van der Waals surface area contributed by atoms with Gasteiger partial charge in [-0.15, -0.1) is 11.3 Å². The van der Waals surface area contributed by atoms with Gasteiger partial charge in [0.25, 0.3) is 5.91 Å². The third kappa shape index (κ3) is 2.54. The number of piperidine rings is 1. The van der Waals surface area contributed by atoms with Crippen LogP contribution in [0.1, 0.15) is 65.7 Å². The summed E-state index contributed by atoms with van der Waals surface area (Å²) in [5.41, 5.74) is 2.44. The van der Waals surface area contributed by atoms with Crippen LogP contribution in [0.4, 0.5) is 0 Å². The van der Waals surface area contributed by atoms with Crippen molar-refractivity contribution in [3.05, 3.63) is 21.4 Å². The smallest absolute Gasteiger partial charge is 0.254 e. The molecule has 0 N–H and O–H groups in total. The summed E-state index contributed by atoms with van der Waals surface area (Å²) in [7, 11) is 0. The molecule has 1 saturated heterocycles. The van der Waals surface area contributed by atoms with Crippen molar-refractivity contribution in [2.45, 2.75) is 57.8 Å². The summed E-state index contributed by atoms with van der Waals surface area (Å²) in [4.78, 5) is 16.6. The van der Waals surface area contributed by atoms with E-state index < -0.39 is 0 Å². The first-order chi connectivity index (χ1) is 10.3. The number of amides is 1. The van der Waals surface area contributed by atoms with E-state index in [0.29, 0.717) is 5.91 Å². The van der Waals surface area contributed by atoms with Crippen LogP contribution in [0.15, 0.2) is 5.38 Å². The van der Waals surface area contributed by atoms with Crippen LogP contribution >= 0.6 is 11.3 Å². The van der Waals surface area contributed by atoms with Crippen molar-refractivity contribution in [2.24, 2.45) is 11.8 Å². The molecule has 3 aliphatic rings. The lowest BCUT2D eigenvalue weighted by Gasteiger charge is -2.41. The number of aryl methyl sites for hydroxylation is 1. The van der Waals surface area contributed by atoms with E-state index in [4.69, 9.17) is 0 Å². The summed E-state index contributed by atoms with van der Waals surface area (Å²) in [6.07, 6.45) is 11.6. The van der Waals surface area contributed by atoms with Crippen LogP contribution in [0.5, 0.6) is 0 Å². The molecule has 1 aliphatic heterocycles. The highest BCUT2D eigenvalue weighted by atomic mass is 32.1. The summed E-state index contributed by atoms with van der Waals surface area (Å²) in [6, 6.07) is 0. The average Bonchev–Trinajstić information content (AvgIpc) is 2.98. The number of hydrogen-bond donors (Lipinski definition) is 0. The van der Waals surface area contributed by atoms with Crippen LogP contribution in [0, 0.1) is 11.8 Å². The number of fused-ring (bicyclic) bond motifs is 2. The summed E-state index contributed by atoms with van der Waals surface area (Å²) in [6.45, 7) is 2.01. The largest absolute Gasteiger partial charge is 0.338 e. The van der Waals surface area contributed by atoms with Gasteiger partial charge in [0.2, 0.25) is 0 Å². The molecule has 2 atom stereocenters. The maximum Gasteiger partial charge on any atom is 0.254 e. The maximum atomic E-state index is 12.9. The average molecular weight is 303 g/mol. The van der Waals surface area contributed by atoms with Crippen LogP contribution in [0.2, 0.25) is 0 Å². The number of hydrogen-bond acceptors (Lipinski definition) is 2. The first kappa shape index (κ1) is 13.8. The third-order valence-corrected chi connectivity index (χ3v) is 6.96. The predicted molar refractivity (Wildman–Crippen MR) is 86.9 cm³/mol. The minimum absolute atomic E-state index is 0.332. The summed E-state index contributed by atoms with van der Waals surface area (Å²) in [5.74, 6) is 2.02. The first-order valence-electron chi connectivity index (χ1n) is 8.71. The standard InChI is InChI=1S/C18H25NOS/c20-18(16-12-21-17-8-4-3-7-15(16)17)19-10-9-13-5-1-2-6-14(13)11-19/h12-14H,1-11H2/t13-,14+/m0/s1. The fraction of sp³-hybridized carbons (Fsp3) is 0.722. The first-order valence-corrected chi connectivity index (χ1v) is 9.59. The molecule has 1 aromatic rings. The molecule has 0 bridgehead atoms. The summed E-state index contributed by atoms with van der Waals surface area (Å²) >= 11 is 1.82. The van der Waals surface area contributed by atoms with Crippen LogP contribution in [0.3, 0.4) is 0 Å². The monoisotopic (exact) mass is 303 g/mol. The van der Waals surface area contributed by atoms with Gasteiger partial charge in [-0.2, -0.15) is 0 Å². The van der Waals surface area contributed by atoms with E-state index in [9.17, 15) is 4.79 Å². The maximum absolute atomic E-state index is 12.9. The number of rotatable bonds is 1. The molecule has 2 aliphatic carbocycles. The molecule has 1 aromatic heterocycles. The van der Waals surface area contributed by atoms with E-state index in [1.165, 1.54) is 61.8 Å². The van der Waals surface area contributed by atoms with Crippen LogP contribution in [-0.2, 0) is 12.8 Å². The molecule has 0 unspecified atom stereocenters. The number of likely N-dealkylation sites (tertiary alicyclic amines) is 1. The zero-order chi connectivity index (χ0) is 14.2. The van der Waals surface area contributed by atoms with Crippen molar-refractivity contribution in [1.29, 1.82) is 0 Å². The molecule has 0 spiro atoms. The van der Waals surface area contributed by atoms with Crippen LogP contribution in [-0.4, -0.2) is 23.9 Å². The molecule has 21 heavy (non-hydrogen) atoms. The van der Waals surface area contributed by atoms with Crippen LogP contribution in [0.25, 0.3) is 0 Å². The predicted octanol–water partition coefficient (Wildman–Crippen LogP) is 4.28. The third-order valence-electron chi connectivity index (χ3n) is 5.87. The highest BCUT2D eigenvalue weighted by Gasteiger charge is 2.34. The molecular formula is C18H25NOS. The van der Waals surface area contributed by atoms with E-state index in [0.717, 1.165) is 36.9 Å². The minimum atomic E-state index is 0.332. The van der Waals surface area contributed by atoms with Gasteiger partial charge < -0.3 is 4.90 Å². The van der Waals surface area contributed by atoms with Gasteiger partial charge in [-0.3, -0.25) is 4.79 Å². The molecule has 3 heteroatoms. The lowest BCUT2D eigenvalue weighted by Crippen LogP contribution is -2.44. The number of carbonyl (C=O) groups is 1. The van der Waals surface area contributed by atoms with Gasteiger partial charge >= 0.3 is 0 Å². The number of nitrogens with zero attached hydrogens (tertiary/aromatic N) is 1. The van der Waals surface area contributed by atoms with Gasteiger partial charge in [-0.25, -0.2) is 0 Å². The lowest BCUT2D eigenvalue weighted by atomic mass is 9.75. The fourth-order valence-corrected chi connectivity index (χ4v) is 5.75. The Hall–Kier alpha value is -0.830. The molecule has 0 aromatic carbocycles. The molecule has 4 rings (SSSR count). The topological polar surface area (TPSA) is 20.3 Å². The SMILES string of the molecule is O=C(c1csc2c1CCCC2)N1CC[C@@H]2CCCC[C@@H]2C1. The molecule has 2 nitrogen and oxygen atoms in total. The molecule has 1 saturated carbocycles. The highest BCUT2D eigenvalue weighted by molar-refractivity contribution is 7.10. The van der Waals surface area contributed by atoms with Gasteiger partial charge in [0.1, 0.15) is 0 Å².